The van der Waals surface area contributed by atoms with Crippen molar-refractivity contribution in [2.24, 2.45) is 0 Å². The van der Waals surface area contributed by atoms with E-state index in [1.807, 2.05) is 9.34 Å². The van der Waals surface area contributed by atoms with Gasteiger partial charge in [0.2, 0.25) is 0 Å². The number of piperidine rings is 1. The maximum Gasteiger partial charge on any atom is 0.300 e. The summed E-state index contributed by atoms with van der Waals surface area (Å²) in [6, 6.07) is 0. The molecule has 0 amide bonds. The van der Waals surface area contributed by atoms with Crippen LogP contribution < -0.4 is 0 Å². The Morgan fingerprint density at radius 2 is 1.25 bits per heavy atom. The molecule has 2 rings (SSSR count). The lowest BCUT2D eigenvalue weighted by molar-refractivity contribution is 0.321. The number of rotatable bonds is 3. The third kappa shape index (κ3) is 2.28. The van der Waals surface area contributed by atoms with E-state index in [0.717, 1.165) is 51.9 Å². The first-order chi connectivity index (χ1) is 7.65. The van der Waals surface area contributed by atoms with Crippen LogP contribution >= 0.6 is 6.65 Å². The second-order valence-corrected chi connectivity index (χ2v) is 10.5. The van der Waals surface area contributed by atoms with Gasteiger partial charge in [0, 0.05) is 32.4 Å². The van der Waals surface area contributed by atoms with Crippen LogP contribution in [0.15, 0.2) is 0 Å². The topological polar surface area (TPSA) is 40.6 Å². The molecule has 2 saturated heterocycles. The lowest BCUT2D eigenvalue weighted by Crippen LogP contribution is -2.35. The lowest BCUT2D eigenvalue weighted by atomic mass is 10.2. The fraction of sp³-hybridized carbons (Fsp3) is 1.00. The van der Waals surface area contributed by atoms with Crippen molar-refractivity contribution in [1.29, 1.82) is 0 Å². The highest BCUT2D eigenvalue weighted by molar-refractivity contribution is 8.47. The summed E-state index contributed by atoms with van der Waals surface area (Å²) in [5.41, 5.74) is 0. The number of hydrogen-bond acceptors (Lipinski definition) is 2. The molecule has 2 fully saturated rings. The maximum atomic E-state index is 13.0. The maximum absolute atomic E-state index is 13.0. The van der Waals surface area contributed by atoms with Crippen LogP contribution in [0, 0.1) is 0 Å². The predicted molar refractivity (Wildman–Crippen MR) is 67.9 cm³/mol. The fourth-order valence-electron chi connectivity index (χ4n) is 2.59. The van der Waals surface area contributed by atoms with Crippen LogP contribution in [0.5, 0.6) is 0 Å². The molecule has 2 unspecified atom stereocenters. The Hall–Kier alpha value is 0.300. The van der Waals surface area contributed by atoms with Gasteiger partial charge < -0.3 is 0 Å². The highest BCUT2D eigenvalue weighted by atomic mass is 32.8. The molecule has 0 spiro atoms. The van der Waals surface area contributed by atoms with E-state index in [-0.39, 0.29) is 0 Å². The second kappa shape index (κ2) is 5.30. The molecule has 0 bridgehead atoms. The molecule has 2 heterocycles. The Morgan fingerprint density at radius 3 is 1.62 bits per heavy atom. The number of hydrogen-bond donors (Lipinski definition) is 0. The van der Waals surface area contributed by atoms with E-state index < -0.39 is 17.1 Å². The second-order valence-electron chi connectivity index (χ2n) is 4.59. The Bertz CT molecular complexity index is 312. The summed E-state index contributed by atoms with van der Waals surface area (Å²) >= 11 is 0. The molecular formula is C10H21N2O2PS. The zero-order valence-corrected chi connectivity index (χ0v) is 11.6. The smallest absolute Gasteiger partial charge is 0.274 e. The summed E-state index contributed by atoms with van der Waals surface area (Å²) in [7, 11) is -1.25. The Morgan fingerprint density at radius 1 is 0.875 bits per heavy atom. The molecule has 2 aliphatic heterocycles. The number of nitrogens with zero attached hydrogens (tertiary/aromatic N) is 2. The third-order valence-corrected chi connectivity index (χ3v) is 9.76. The Labute approximate surface area is 100 Å². The largest absolute Gasteiger partial charge is 0.300 e. The van der Waals surface area contributed by atoms with Gasteiger partial charge in [-0.1, -0.05) is 6.42 Å². The van der Waals surface area contributed by atoms with Crippen LogP contribution in [0.4, 0.5) is 0 Å². The molecular weight excluding hydrogens is 243 g/mol. The van der Waals surface area contributed by atoms with Crippen molar-refractivity contribution in [1.82, 2.24) is 9.34 Å². The van der Waals surface area contributed by atoms with Gasteiger partial charge in [0.25, 0.3) is 0 Å². The molecule has 0 aromatic rings. The van der Waals surface area contributed by atoms with Gasteiger partial charge in [0.15, 0.2) is 0 Å². The molecule has 0 aromatic carbocycles. The van der Waals surface area contributed by atoms with Gasteiger partial charge >= 0.3 is 6.65 Å². The van der Waals surface area contributed by atoms with Gasteiger partial charge in [0.05, 0.1) is 0 Å². The molecule has 0 N–H and O–H groups in total. The minimum atomic E-state index is -2.78. The van der Waals surface area contributed by atoms with E-state index in [4.69, 9.17) is 0 Å². The van der Waals surface area contributed by atoms with Gasteiger partial charge in [-0.15, -0.1) is 0 Å². The van der Waals surface area contributed by atoms with E-state index in [0.29, 0.717) is 0 Å². The average molecular weight is 264 g/mol. The van der Waals surface area contributed by atoms with Crippen molar-refractivity contribution in [2.75, 3.05) is 32.4 Å². The molecule has 0 radical (unpaired) electrons. The molecule has 4 nitrogen and oxygen atoms in total. The molecule has 16 heavy (non-hydrogen) atoms. The minimum absolute atomic E-state index is 0.855. The summed E-state index contributed by atoms with van der Waals surface area (Å²) in [4.78, 5) is 0. The first kappa shape index (κ1) is 12.7. The summed E-state index contributed by atoms with van der Waals surface area (Å²) in [6.45, 7) is 0.643. The molecule has 0 aliphatic carbocycles. The summed E-state index contributed by atoms with van der Waals surface area (Å²) < 4.78 is 28.9. The van der Waals surface area contributed by atoms with Crippen LogP contribution in [0.2, 0.25) is 0 Å². The highest BCUT2D eigenvalue weighted by Gasteiger charge is 2.42. The lowest BCUT2D eigenvalue weighted by Gasteiger charge is -2.37. The van der Waals surface area contributed by atoms with Crippen LogP contribution in [0.1, 0.15) is 32.1 Å². The first-order valence-corrected chi connectivity index (χ1v) is 9.88. The Kier molecular flexibility index (Phi) is 4.22. The third-order valence-electron chi connectivity index (χ3n) is 3.46. The van der Waals surface area contributed by atoms with Crippen LogP contribution in [0.25, 0.3) is 0 Å². The van der Waals surface area contributed by atoms with E-state index in [9.17, 15) is 8.77 Å². The van der Waals surface area contributed by atoms with Crippen molar-refractivity contribution < 1.29 is 8.77 Å². The van der Waals surface area contributed by atoms with Gasteiger partial charge in [0.1, 0.15) is 10.4 Å². The van der Waals surface area contributed by atoms with Gasteiger partial charge in [-0.2, -0.15) is 0 Å². The van der Waals surface area contributed by atoms with Gasteiger partial charge in [-0.25, -0.2) is 13.5 Å². The molecule has 2 aliphatic rings. The van der Waals surface area contributed by atoms with E-state index >= 15 is 0 Å². The molecule has 2 atom stereocenters. The van der Waals surface area contributed by atoms with Crippen molar-refractivity contribution in [3.63, 3.8) is 0 Å². The SMILES string of the molecule is CS(=O)P(=O)(N1CCCCC1)N1CCCC1. The zero-order chi connectivity index (χ0) is 11.6. The summed E-state index contributed by atoms with van der Waals surface area (Å²) in [5, 5.41) is 0. The standard InChI is InChI=1S/C10H21N2O2PS/c1-16(14)15(13,12-9-5-6-10-12)11-7-3-2-4-8-11/h2-10H2,1H3. The highest BCUT2D eigenvalue weighted by Crippen LogP contribution is 2.58. The molecule has 0 aromatic heterocycles. The van der Waals surface area contributed by atoms with Crippen molar-refractivity contribution in [3.05, 3.63) is 0 Å². The van der Waals surface area contributed by atoms with E-state index in [2.05, 4.69) is 0 Å². The van der Waals surface area contributed by atoms with E-state index in [1.165, 1.54) is 6.42 Å². The molecule has 0 saturated carbocycles. The van der Waals surface area contributed by atoms with Crippen LogP contribution in [0.3, 0.4) is 0 Å². The van der Waals surface area contributed by atoms with Crippen LogP contribution in [-0.4, -0.2) is 46.0 Å². The monoisotopic (exact) mass is 264 g/mol. The predicted octanol–water partition coefficient (Wildman–Crippen LogP) is 2.05. The van der Waals surface area contributed by atoms with E-state index in [1.54, 1.807) is 6.26 Å². The van der Waals surface area contributed by atoms with Crippen molar-refractivity contribution in [2.45, 2.75) is 32.1 Å². The fourth-order valence-corrected chi connectivity index (χ4v) is 8.10. The van der Waals surface area contributed by atoms with Crippen molar-refractivity contribution >= 4 is 17.1 Å². The van der Waals surface area contributed by atoms with Gasteiger partial charge in [-0.3, -0.25) is 4.57 Å². The molecule has 6 heteroatoms. The normalized spacial score (nSPS) is 30.1. The van der Waals surface area contributed by atoms with Crippen LogP contribution in [-0.2, 0) is 15.0 Å². The Balaban J connectivity index is 2.19. The quantitative estimate of drug-likeness (QED) is 0.732. The summed E-state index contributed by atoms with van der Waals surface area (Å²) in [6.07, 6.45) is 7.19. The van der Waals surface area contributed by atoms with Crippen molar-refractivity contribution in [3.8, 4) is 0 Å². The first-order valence-electron chi connectivity index (χ1n) is 6.10. The zero-order valence-electron chi connectivity index (χ0n) is 9.93. The summed E-state index contributed by atoms with van der Waals surface area (Å²) in [5.74, 6) is 0. The minimum Gasteiger partial charge on any atom is -0.274 e. The average Bonchev–Trinajstić information content (AvgIpc) is 2.82. The van der Waals surface area contributed by atoms with Gasteiger partial charge in [-0.05, 0) is 25.7 Å². The molecule has 94 valence electrons.